The van der Waals surface area contributed by atoms with Gasteiger partial charge in [-0.2, -0.15) is 0 Å². The summed E-state index contributed by atoms with van der Waals surface area (Å²) in [6.07, 6.45) is 0.0694. The van der Waals surface area contributed by atoms with Crippen molar-refractivity contribution in [3.8, 4) is 5.75 Å². The van der Waals surface area contributed by atoms with E-state index in [1.165, 1.54) is 23.1 Å². The Hall–Kier alpha value is -2.91. The lowest BCUT2D eigenvalue weighted by molar-refractivity contribution is -0.113. The number of nitrogens with zero attached hydrogens (tertiary/aromatic N) is 2. The van der Waals surface area contributed by atoms with Crippen LogP contribution in [0.2, 0.25) is 0 Å². The van der Waals surface area contributed by atoms with E-state index in [1.807, 2.05) is 45.9 Å². The van der Waals surface area contributed by atoms with E-state index in [9.17, 15) is 9.59 Å². The zero-order valence-corrected chi connectivity index (χ0v) is 19.4. The van der Waals surface area contributed by atoms with Crippen LogP contribution >= 0.6 is 23.1 Å². The van der Waals surface area contributed by atoms with Gasteiger partial charge in [-0.3, -0.25) is 14.9 Å². The number of hydrogen-bond acceptors (Lipinski definition) is 7. The second-order valence-corrected chi connectivity index (χ2v) is 9.30. The summed E-state index contributed by atoms with van der Waals surface area (Å²) in [5, 5.41) is 14.0. The molecule has 0 bridgehead atoms. The first kappa shape index (κ1) is 22.8. The lowest BCUT2D eigenvalue weighted by Crippen LogP contribution is -2.15. The first-order valence-electron chi connectivity index (χ1n) is 9.72. The molecule has 0 fully saturated rings. The molecule has 0 saturated carbocycles. The number of aryl methyl sites for hydroxylation is 1. The van der Waals surface area contributed by atoms with E-state index >= 15 is 0 Å². The highest BCUT2D eigenvalue weighted by Gasteiger charge is 2.13. The molecule has 31 heavy (non-hydrogen) atoms. The number of anilines is 2. The van der Waals surface area contributed by atoms with Gasteiger partial charge in [-0.25, -0.2) is 0 Å². The fraction of sp³-hybridized carbons (Fsp3) is 0.273. The van der Waals surface area contributed by atoms with Gasteiger partial charge in [0, 0.05) is 11.3 Å². The summed E-state index contributed by atoms with van der Waals surface area (Å²) in [5.41, 5.74) is 3.47. The average molecular weight is 457 g/mol. The summed E-state index contributed by atoms with van der Waals surface area (Å²) >= 11 is 2.50. The van der Waals surface area contributed by atoms with Crippen LogP contribution in [-0.4, -0.2) is 33.9 Å². The maximum Gasteiger partial charge on any atom is 0.257 e. The van der Waals surface area contributed by atoms with E-state index in [4.69, 9.17) is 4.74 Å². The van der Waals surface area contributed by atoms with Crippen molar-refractivity contribution >= 4 is 45.7 Å². The average Bonchev–Trinajstić information content (AvgIpc) is 3.17. The van der Waals surface area contributed by atoms with Gasteiger partial charge in [0.1, 0.15) is 5.75 Å². The molecule has 1 aromatic heterocycles. The molecule has 2 aromatic carbocycles. The van der Waals surface area contributed by atoms with Crippen LogP contribution in [0.3, 0.4) is 0 Å². The largest absolute Gasteiger partial charge is 0.491 e. The van der Waals surface area contributed by atoms with Gasteiger partial charge in [-0.05, 0) is 69.2 Å². The molecule has 9 heteroatoms. The molecule has 0 saturated heterocycles. The van der Waals surface area contributed by atoms with Crippen LogP contribution in [0.5, 0.6) is 5.75 Å². The predicted octanol–water partition coefficient (Wildman–Crippen LogP) is 4.93. The van der Waals surface area contributed by atoms with Gasteiger partial charge < -0.3 is 10.1 Å². The first-order chi connectivity index (χ1) is 14.8. The Labute approximate surface area is 189 Å². The Morgan fingerprint density at radius 1 is 1.06 bits per heavy atom. The smallest absolute Gasteiger partial charge is 0.257 e. The molecule has 2 N–H and O–H groups in total. The van der Waals surface area contributed by atoms with Crippen molar-refractivity contribution < 1.29 is 14.3 Å². The highest BCUT2D eigenvalue weighted by atomic mass is 32.2. The van der Waals surface area contributed by atoms with Gasteiger partial charge in [-0.1, -0.05) is 35.2 Å². The van der Waals surface area contributed by atoms with Crippen molar-refractivity contribution in [1.82, 2.24) is 10.2 Å². The zero-order chi connectivity index (χ0) is 22.4. The minimum Gasteiger partial charge on any atom is -0.491 e. The van der Waals surface area contributed by atoms with Crippen LogP contribution in [0.25, 0.3) is 0 Å². The Morgan fingerprint density at radius 3 is 2.52 bits per heavy atom. The highest BCUT2D eigenvalue weighted by molar-refractivity contribution is 8.01. The summed E-state index contributed by atoms with van der Waals surface area (Å²) in [7, 11) is 0. The second-order valence-electron chi connectivity index (χ2n) is 7.10. The Morgan fingerprint density at radius 2 is 1.81 bits per heavy atom. The number of rotatable bonds is 8. The lowest BCUT2D eigenvalue weighted by atomic mass is 10.1. The summed E-state index contributed by atoms with van der Waals surface area (Å²) in [6.45, 7) is 7.87. The number of carbonyl (C=O) groups excluding carboxylic acids is 2. The minimum atomic E-state index is -0.281. The van der Waals surface area contributed by atoms with Crippen LogP contribution in [0.4, 0.5) is 10.8 Å². The molecule has 3 aromatic rings. The molecule has 162 valence electrons. The molecule has 2 amide bonds. The summed E-state index contributed by atoms with van der Waals surface area (Å²) < 4.78 is 6.18. The van der Waals surface area contributed by atoms with Crippen LogP contribution in [0.1, 0.15) is 35.3 Å². The summed E-state index contributed by atoms with van der Waals surface area (Å²) in [5.74, 6) is 0.507. The molecule has 0 spiro atoms. The summed E-state index contributed by atoms with van der Waals surface area (Å²) in [4.78, 5) is 24.7. The van der Waals surface area contributed by atoms with Gasteiger partial charge in [0.15, 0.2) is 4.34 Å². The SMILES string of the molecule is Cc1cccc(NC(=O)CSc2nnc(NC(=O)c3ccc(OC(C)C)cc3)s2)c1C. The van der Waals surface area contributed by atoms with Gasteiger partial charge >= 0.3 is 0 Å². The quantitative estimate of drug-likeness (QED) is 0.369. The van der Waals surface area contributed by atoms with Crippen molar-refractivity contribution in [3.63, 3.8) is 0 Å². The molecule has 3 rings (SSSR count). The molecule has 0 unspecified atom stereocenters. The van der Waals surface area contributed by atoms with Crippen LogP contribution in [0.15, 0.2) is 46.8 Å². The standard InChI is InChI=1S/C22H24N4O3S2/c1-13(2)29-17-10-8-16(9-11-17)20(28)24-21-25-26-22(31-21)30-12-19(27)23-18-7-5-6-14(3)15(18)4/h5-11,13H,12H2,1-4H3,(H,23,27)(H,24,25,28). The Kier molecular flexibility index (Phi) is 7.64. The van der Waals surface area contributed by atoms with Crippen molar-refractivity contribution in [1.29, 1.82) is 0 Å². The number of ether oxygens (including phenoxy) is 1. The molecule has 7 nitrogen and oxygen atoms in total. The third-order valence-corrected chi connectivity index (χ3v) is 6.29. The maximum atomic E-state index is 12.4. The molecule has 0 atom stereocenters. The number of nitrogens with one attached hydrogen (secondary N) is 2. The maximum absolute atomic E-state index is 12.4. The number of hydrogen-bond donors (Lipinski definition) is 2. The van der Waals surface area contributed by atoms with Crippen LogP contribution < -0.4 is 15.4 Å². The molecule has 0 aliphatic heterocycles. The number of carbonyl (C=O) groups is 2. The van der Waals surface area contributed by atoms with E-state index in [-0.39, 0.29) is 23.7 Å². The fourth-order valence-corrected chi connectivity index (χ4v) is 4.19. The number of aromatic nitrogens is 2. The van der Waals surface area contributed by atoms with E-state index in [2.05, 4.69) is 20.8 Å². The first-order valence-corrected chi connectivity index (χ1v) is 11.5. The third kappa shape index (κ3) is 6.53. The van der Waals surface area contributed by atoms with Gasteiger partial charge in [0.05, 0.1) is 11.9 Å². The van der Waals surface area contributed by atoms with Gasteiger partial charge in [0.25, 0.3) is 5.91 Å². The van der Waals surface area contributed by atoms with Gasteiger partial charge in [0.2, 0.25) is 11.0 Å². The lowest BCUT2D eigenvalue weighted by Gasteiger charge is -2.09. The molecular weight excluding hydrogens is 432 g/mol. The van der Waals surface area contributed by atoms with Crippen LogP contribution in [-0.2, 0) is 4.79 Å². The van der Waals surface area contributed by atoms with Gasteiger partial charge in [-0.15, -0.1) is 10.2 Å². The van der Waals surface area contributed by atoms with E-state index < -0.39 is 0 Å². The fourth-order valence-electron chi connectivity index (χ4n) is 2.65. The Balaban J connectivity index is 1.51. The predicted molar refractivity (Wildman–Crippen MR) is 125 cm³/mol. The number of benzene rings is 2. The second kappa shape index (κ2) is 10.4. The third-order valence-electron chi connectivity index (χ3n) is 4.32. The number of thioether (sulfide) groups is 1. The Bertz CT molecular complexity index is 1060. The molecular formula is C22H24N4O3S2. The molecule has 0 aliphatic rings. The number of amides is 2. The van der Waals surface area contributed by atoms with E-state index in [0.717, 1.165) is 16.8 Å². The van der Waals surface area contributed by atoms with Crippen molar-refractivity contribution in [2.75, 3.05) is 16.4 Å². The molecule has 0 aliphatic carbocycles. The minimum absolute atomic E-state index is 0.0694. The van der Waals surface area contributed by atoms with Crippen molar-refractivity contribution in [2.24, 2.45) is 0 Å². The van der Waals surface area contributed by atoms with E-state index in [0.29, 0.717) is 20.8 Å². The van der Waals surface area contributed by atoms with Crippen molar-refractivity contribution in [3.05, 3.63) is 59.2 Å². The topological polar surface area (TPSA) is 93.2 Å². The van der Waals surface area contributed by atoms with E-state index in [1.54, 1.807) is 24.3 Å². The normalized spacial score (nSPS) is 10.7. The summed E-state index contributed by atoms with van der Waals surface area (Å²) in [6, 6.07) is 12.7. The van der Waals surface area contributed by atoms with Crippen LogP contribution in [0, 0.1) is 13.8 Å². The zero-order valence-electron chi connectivity index (χ0n) is 17.8. The molecule has 1 heterocycles. The molecule has 0 radical (unpaired) electrons. The van der Waals surface area contributed by atoms with Crippen molar-refractivity contribution in [2.45, 2.75) is 38.1 Å². The highest BCUT2D eigenvalue weighted by Crippen LogP contribution is 2.26. The monoisotopic (exact) mass is 456 g/mol.